The molecule has 0 aromatic heterocycles. The van der Waals surface area contributed by atoms with Crippen molar-refractivity contribution < 1.29 is 14.3 Å². The maximum atomic E-state index is 13.1. The van der Waals surface area contributed by atoms with Gasteiger partial charge in [0.1, 0.15) is 11.6 Å². The fourth-order valence-electron chi connectivity index (χ4n) is 3.57. The van der Waals surface area contributed by atoms with Gasteiger partial charge < -0.3 is 9.47 Å². The van der Waals surface area contributed by atoms with E-state index in [1.807, 2.05) is 99.6 Å². The molecule has 34 heavy (non-hydrogen) atoms. The molecule has 0 N–H and O–H groups in total. The summed E-state index contributed by atoms with van der Waals surface area (Å²) < 4.78 is 11.5. The highest BCUT2D eigenvalue weighted by atomic mass is 16.6. The number of carbonyl (C=O) groups excluding carboxylic acids is 1. The number of unbranched alkanes of at least 4 members (excludes halogenated alkanes) is 1. The third-order valence-electron chi connectivity index (χ3n) is 5.19. The van der Waals surface area contributed by atoms with E-state index in [0.29, 0.717) is 19.6 Å². The van der Waals surface area contributed by atoms with Crippen molar-refractivity contribution in [1.29, 1.82) is 0 Å². The zero-order valence-electron chi connectivity index (χ0n) is 20.4. The molecule has 178 valence electrons. The molecule has 0 fully saturated rings. The highest BCUT2D eigenvalue weighted by Gasteiger charge is 2.25. The van der Waals surface area contributed by atoms with Gasteiger partial charge in [0.2, 0.25) is 0 Å². The van der Waals surface area contributed by atoms with Crippen molar-refractivity contribution in [2.75, 3.05) is 6.61 Å². The summed E-state index contributed by atoms with van der Waals surface area (Å²) in [5.74, 6) is -0.290. The van der Waals surface area contributed by atoms with E-state index in [-0.39, 0.29) is 5.97 Å². The molecular weight excluding hydrogens is 422 g/mol. The molecule has 0 spiro atoms. The Balaban J connectivity index is 1.71. The average Bonchev–Trinajstić information content (AvgIpc) is 2.84. The van der Waals surface area contributed by atoms with Gasteiger partial charge in [-0.25, -0.2) is 4.79 Å². The number of carbonyl (C=O) groups is 1. The van der Waals surface area contributed by atoms with Crippen molar-refractivity contribution in [1.82, 2.24) is 0 Å². The number of nitrogens with zero attached hydrogens (tertiary/aromatic N) is 1. The van der Waals surface area contributed by atoms with Crippen LogP contribution in [0.4, 0.5) is 0 Å². The first kappa shape index (κ1) is 25.4. The molecule has 4 heteroatoms. The highest BCUT2D eigenvalue weighted by Crippen LogP contribution is 2.18. The normalized spacial score (nSPS) is 12.1. The lowest BCUT2D eigenvalue weighted by Crippen LogP contribution is -2.32. The molecule has 1 atom stereocenters. The van der Waals surface area contributed by atoms with Gasteiger partial charge in [-0.2, -0.15) is 0 Å². The number of esters is 1. The van der Waals surface area contributed by atoms with Crippen molar-refractivity contribution in [3.05, 3.63) is 108 Å². The number of rotatable bonds is 11. The summed E-state index contributed by atoms with van der Waals surface area (Å²) in [6.07, 6.45) is 2.28. The zero-order valence-corrected chi connectivity index (χ0v) is 20.4. The molecular formula is C30H35NO3. The third-order valence-corrected chi connectivity index (χ3v) is 5.19. The molecule has 0 aliphatic heterocycles. The van der Waals surface area contributed by atoms with E-state index in [1.165, 1.54) is 0 Å². The Morgan fingerprint density at radius 3 is 1.85 bits per heavy atom. The van der Waals surface area contributed by atoms with Gasteiger partial charge in [0.05, 0.1) is 12.3 Å². The monoisotopic (exact) mass is 457 g/mol. The first-order valence-electron chi connectivity index (χ1n) is 12.0. The van der Waals surface area contributed by atoms with Crippen LogP contribution in [-0.4, -0.2) is 29.9 Å². The lowest BCUT2D eigenvalue weighted by atomic mass is 10.0. The molecule has 0 amide bonds. The van der Waals surface area contributed by atoms with Crippen LogP contribution in [-0.2, 0) is 20.9 Å². The first-order chi connectivity index (χ1) is 16.4. The summed E-state index contributed by atoms with van der Waals surface area (Å²) in [6.45, 7) is 6.90. The van der Waals surface area contributed by atoms with Gasteiger partial charge in [-0.1, -0.05) is 91.0 Å². The van der Waals surface area contributed by atoms with Crippen LogP contribution in [0.3, 0.4) is 0 Å². The van der Waals surface area contributed by atoms with Crippen molar-refractivity contribution in [3.63, 3.8) is 0 Å². The lowest BCUT2D eigenvalue weighted by Gasteiger charge is -2.23. The van der Waals surface area contributed by atoms with Gasteiger partial charge in [0.15, 0.2) is 0 Å². The maximum Gasteiger partial charge on any atom is 0.331 e. The van der Waals surface area contributed by atoms with Gasteiger partial charge >= 0.3 is 5.97 Å². The Kier molecular flexibility index (Phi) is 9.60. The molecule has 3 aromatic carbocycles. The molecule has 0 aliphatic rings. The Bertz CT molecular complexity index is 983. The second kappa shape index (κ2) is 12.9. The summed E-state index contributed by atoms with van der Waals surface area (Å²) >= 11 is 0. The Morgan fingerprint density at radius 1 is 0.794 bits per heavy atom. The summed E-state index contributed by atoms with van der Waals surface area (Å²) in [5, 5.41) is 0. The van der Waals surface area contributed by atoms with Crippen LogP contribution >= 0.6 is 0 Å². The molecule has 1 unspecified atom stereocenters. The quantitative estimate of drug-likeness (QED) is 0.185. The van der Waals surface area contributed by atoms with Gasteiger partial charge in [-0.05, 0) is 45.6 Å². The summed E-state index contributed by atoms with van der Waals surface area (Å²) in [6, 6.07) is 29.6. The minimum atomic E-state index is -0.580. The molecule has 0 bridgehead atoms. The van der Waals surface area contributed by atoms with E-state index in [2.05, 4.69) is 12.1 Å². The van der Waals surface area contributed by atoms with E-state index in [4.69, 9.17) is 14.5 Å². The topological polar surface area (TPSA) is 47.9 Å². The van der Waals surface area contributed by atoms with E-state index in [1.54, 1.807) is 0 Å². The van der Waals surface area contributed by atoms with Crippen molar-refractivity contribution >= 4 is 11.7 Å². The number of aliphatic imine (C=N–C) groups is 1. The van der Waals surface area contributed by atoms with Crippen molar-refractivity contribution in [3.8, 4) is 0 Å². The third kappa shape index (κ3) is 8.60. The van der Waals surface area contributed by atoms with E-state index < -0.39 is 11.6 Å². The number of ether oxygens (including phenoxy) is 2. The van der Waals surface area contributed by atoms with Crippen LogP contribution in [0.1, 0.15) is 56.7 Å². The Morgan fingerprint density at radius 2 is 1.32 bits per heavy atom. The molecule has 4 nitrogen and oxygen atoms in total. The second-order valence-electron chi connectivity index (χ2n) is 9.29. The molecule has 0 heterocycles. The minimum Gasteiger partial charge on any atom is -0.458 e. The van der Waals surface area contributed by atoms with Crippen LogP contribution < -0.4 is 0 Å². The van der Waals surface area contributed by atoms with Crippen LogP contribution in [0, 0.1) is 0 Å². The number of benzene rings is 3. The smallest absolute Gasteiger partial charge is 0.331 e. The fourth-order valence-corrected chi connectivity index (χ4v) is 3.57. The maximum absolute atomic E-state index is 13.1. The van der Waals surface area contributed by atoms with Gasteiger partial charge in [-0.3, -0.25) is 4.99 Å². The van der Waals surface area contributed by atoms with E-state index in [0.717, 1.165) is 35.2 Å². The molecule has 0 radical (unpaired) electrons. The van der Waals surface area contributed by atoms with Gasteiger partial charge in [0.25, 0.3) is 0 Å². The average molecular weight is 458 g/mol. The number of hydrogen-bond acceptors (Lipinski definition) is 4. The highest BCUT2D eigenvalue weighted by molar-refractivity contribution is 6.13. The Labute approximate surface area is 203 Å². The van der Waals surface area contributed by atoms with Crippen LogP contribution in [0.15, 0.2) is 96.0 Å². The molecule has 0 saturated carbocycles. The summed E-state index contributed by atoms with van der Waals surface area (Å²) in [7, 11) is 0. The van der Waals surface area contributed by atoms with Crippen LogP contribution in [0.5, 0.6) is 0 Å². The SMILES string of the molecule is CC(C)(C)OC(=O)C(CCCCOCc1ccccc1)N=C(c1ccccc1)c1ccccc1. The Hall–Kier alpha value is -3.24. The lowest BCUT2D eigenvalue weighted by molar-refractivity contribution is -0.156. The van der Waals surface area contributed by atoms with E-state index >= 15 is 0 Å². The molecule has 3 rings (SSSR count). The largest absolute Gasteiger partial charge is 0.458 e. The van der Waals surface area contributed by atoms with Gasteiger partial charge in [-0.15, -0.1) is 0 Å². The van der Waals surface area contributed by atoms with Crippen LogP contribution in [0.25, 0.3) is 0 Å². The molecule has 3 aromatic rings. The number of hydrogen-bond donors (Lipinski definition) is 0. The first-order valence-corrected chi connectivity index (χ1v) is 12.0. The fraction of sp³-hybridized carbons (Fsp3) is 0.333. The second-order valence-corrected chi connectivity index (χ2v) is 9.29. The molecule has 0 saturated heterocycles. The predicted molar refractivity (Wildman–Crippen MR) is 138 cm³/mol. The van der Waals surface area contributed by atoms with Crippen molar-refractivity contribution in [2.45, 2.75) is 58.3 Å². The molecule has 0 aliphatic carbocycles. The van der Waals surface area contributed by atoms with Crippen molar-refractivity contribution in [2.24, 2.45) is 4.99 Å². The minimum absolute atomic E-state index is 0.290. The van der Waals surface area contributed by atoms with E-state index in [9.17, 15) is 4.79 Å². The summed E-state index contributed by atoms with van der Waals surface area (Å²) in [4.78, 5) is 18.1. The summed E-state index contributed by atoms with van der Waals surface area (Å²) in [5.41, 5.74) is 3.36. The zero-order chi connectivity index (χ0) is 24.2. The predicted octanol–water partition coefficient (Wildman–Crippen LogP) is 6.62. The van der Waals surface area contributed by atoms with Crippen LogP contribution in [0.2, 0.25) is 0 Å². The standard InChI is InChI=1S/C30H35NO3/c1-30(2,3)34-29(32)27(21-13-14-22-33-23-24-15-7-4-8-16-24)31-28(25-17-9-5-10-18-25)26-19-11-6-12-20-26/h4-12,15-20,27H,13-14,21-23H2,1-3H3. The van der Waals surface area contributed by atoms with Gasteiger partial charge in [0, 0.05) is 17.7 Å².